The molecule has 0 unspecified atom stereocenters. The molecule has 0 fully saturated rings. The number of nitrogen functional groups attached to an aromatic ring is 1. The van der Waals surface area contributed by atoms with Crippen molar-refractivity contribution in [2.75, 3.05) is 5.73 Å². The number of aromatic nitrogens is 1. The maximum atomic E-state index is 12.0. The van der Waals surface area contributed by atoms with Crippen LogP contribution in [0.15, 0.2) is 39.7 Å². The summed E-state index contributed by atoms with van der Waals surface area (Å²) in [5.41, 5.74) is 7.79. The standard InChI is InChI=1S/C13H12BrClN2O/c1-8-4-10(14)7-17(13(8)18)6-9-2-3-11(16)5-12(9)15/h2-5,7H,6,16H2,1H3. The van der Waals surface area contributed by atoms with Gasteiger partial charge >= 0.3 is 0 Å². The first kappa shape index (κ1) is 13.2. The van der Waals surface area contributed by atoms with Gasteiger partial charge in [-0.2, -0.15) is 0 Å². The molecule has 0 saturated carbocycles. The number of anilines is 1. The molecule has 0 saturated heterocycles. The van der Waals surface area contributed by atoms with Crippen LogP contribution in [0.5, 0.6) is 0 Å². The molecule has 0 atom stereocenters. The number of pyridine rings is 1. The van der Waals surface area contributed by atoms with E-state index in [2.05, 4.69) is 15.9 Å². The van der Waals surface area contributed by atoms with Crippen LogP contribution in [0.25, 0.3) is 0 Å². The summed E-state index contributed by atoms with van der Waals surface area (Å²) in [5.74, 6) is 0. The van der Waals surface area contributed by atoms with E-state index >= 15 is 0 Å². The largest absolute Gasteiger partial charge is 0.399 e. The van der Waals surface area contributed by atoms with Crippen molar-refractivity contribution in [3.05, 3.63) is 61.4 Å². The summed E-state index contributed by atoms with van der Waals surface area (Å²) in [6, 6.07) is 7.09. The molecule has 3 nitrogen and oxygen atoms in total. The molecule has 1 aromatic carbocycles. The van der Waals surface area contributed by atoms with Crippen molar-refractivity contribution in [1.82, 2.24) is 4.57 Å². The summed E-state index contributed by atoms with van der Waals surface area (Å²) in [5, 5.41) is 0.569. The Morgan fingerprint density at radius 1 is 1.39 bits per heavy atom. The van der Waals surface area contributed by atoms with Gasteiger partial charge < -0.3 is 10.3 Å². The van der Waals surface area contributed by atoms with Gasteiger partial charge in [0, 0.05) is 26.9 Å². The fourth-order valence-electron chi connectivity index (χ4n) is 1.73. The van der Waals surface area contributed by atoms with Crippen LogP contribution in [0.4, 0.5) is 5.69 Å². The van der Waals surface area contributed by atoms with Crippen LogP contribution >= 0.6 is 27.5 Å². The number of hydrogen-bond donors (Lipinski definition) is 1. The topological polar surface area (TPSA) is 48.0 Å². The van der Waals surface area contributed by atoms with Crippen LogP contribution in [0.3, 0.4) is 0 Å². The van der Waals surface area contributed by atoms with Crippen molar-refractivity contribution < 1.29 is 0 Å². The average molecular weight is 328 g/mol. The quantitative estimate of drug-likeness (QED) is 0.861. The maximum absolute atomic E-state index is 12.0. The zero-order valence-electron chi connectivity index (χ0n) is 9.78. The summed E-state index contributed by atoms with van der Waals surface area (Å²) in [7, 11) is 0. The van der Waals surface area contributed by atoms with Crippen LogP contribution in [-0.4, -0.2) is 4.57 Å². The molecule has 18 heavy (non-hydrogen) atoms. The molecule has 5 heteroatoms. The predicted molar refractivity (Wildman–Crippen MR) is 78.1 cm³/mol. The van der Waals surface area contributed by atoms with E-state index in [0.29, 0.717) is 22.8 Å². The summed E-state index contributed by atoms with van der Waals surface area (Å²) >= 11 is 9.48. The zero-order valence-corrected chi connectivity index (χ0v) is 12.1. The molecule has 0 spiro atoms. The number of rotatable bonds is 2. The SMILES string of the molecule is Cc1cc(Br)cn(Cc2ccc(N)cc2Cl)c1=O. The van der Waals surface area contributed by atoms with Crippen LogP contribution in [0.1, 0.15) is 11.1 Å². The molecule has 0 bridgehead atoms. The Morgan fingerprint density at radius 2 is 2.11 bits per heavy atom. The van der Waals surface area contributed by atoms with Crippen molar-refractivity contribution in [1.29, 1.82) is 0 Å². The van der Waals surface area contributed by atoms with E-state index in [1.165, 1.54) is 0 Å². The number of nitrogens with two attached hydrogens (primary N) is 1. The van der Waals surface area contributed by atoms with Crippen molar-refractivity contribution in [2.45, 2.75) is 13.5 Å². The van der Waals surface area contributed by atoms with Crippen LogP contribution < -0.4 is 11.3 Å². The lowest BCUT2D eigenvalue weighted by Crippen LogP contribution is -2.22. The van der Waals surface area contributed by atoms with Gasteiger partial charge in [-0.25, -0.2) is 0 Å². The minimum Gasteiger partial charge on any atom is -0.399 e. The van der Waals surface area contributed by atoms with Crippen LogP contribution in [0.2, 0.25) is 5.02 Å². The second-order valence-corrected chi connectivity index (χ2v) is 5.45. The lowest BCUT2D eigenvalue weighted by molar-refractivity contribution is 0.749. The lowest BCUT2D eigenvalue weighted by Gasteiger charge is -2.09. The number of benzene rings is 1. The van der Waals surface area contributed by atoms with E-state index in [-0.39, 0.29) is 5.56 Å². The second-order valence-electron chi connectivity index (χ2n) is 4.13. The first-order chi connectivity index (χ1) is 8.47. The average Bonchev–Trinajstić information content (AvgIpc) is 2.29. The highest BCUT2D eigenvalue weighted by Crippen LogP contribution is 2.20. The Morgan fingerprint density at radius 3 is 2.78 bits per heavy atom. The normalized spacial score (nSPS) is 10.6. The Hall–Kier alpha value is -1.26. The van der Waals surface area contributed by atoms with Gasteiger partial charge in [-0.3, -0.25) is 4.79 Å². The van der Waals surface area contributed by atoms with Gasteiger partial charge in [0.1, 0.15) is 0 Å². The van der Waals surface area contributed by atoms with E-state index < -0.39 is 0 Å². The van der Waals surface area contributed by atoms with Gasteiger partial charge in [-0.1, -0.05) is 17.7 Å². The molecular formula is C13H12BrClN2O. The maximum Gasteiger partial charge on any atom is 0.253 e. The van der Waals surface area contributed by atoms with Crippen LogP contribution in [-0.2, 0) is 6.54 Å². The Labute approximate surface area is 118 Å². The van der Waals surface area contributed by atoms with Crippen molar-refractivity contribution in [2.24, 2.45) is 0 Å². The Balaban J connectivity index is 2.43. The third kappa shape index (κ3) is 2.76. The van der Waals surface area contributed by atoms with Gasteiger partial charge in [-0.15, -0.1) is 0 Å². The zero-order chi connectivity index (χ0) is 13.3. The van der Waals surface area contributed by atoms with E-state index in [4.69, 9.17) is 17.3 Å². The molecule has 0 radical (unpaired) electrons. The fraction of sp³-hybridized carbons (Fsp3) is 0.154. The molecule has 94 valence electrons. The fourth-order valence-corrected chi connectivity index (χ4v) is 2.57. The highest BCUT2D eigenvalue weighted by atomic mass is 79.9. The monoisotopic (exact) mass is 326 g/mol. The third-order valence-electron chi connectivity index (χ3n) is 2.65. The highest BCUT2D eigenvalue weighted by molar-refractivity contribution is 9.10. The van der Waals surface area contributed by atoms with Gasteiger partial charge in [0.05, 0.1) is 6.54 Å². The second kappa shape index (κ2) is 5.16. The van der Waals surface area contributed by atoms with Crippen molar-refractivity contribution >= 4 is 33.2 Å². The van der Waals surface area contributed by atoms with E-state index in [9.17, 15) is 4.79 Å². The van der Waals surface area contributed by atoms with Gasteiger partial charge in [0.2, 0.25) is 0 Å². The number of halogens is 2. The number of aryl methyl sites for hydroxylation is 1. The molecule has 1 aromatic heterocycles. The predicted octanol–water partition coefficient (Wildman–Crippen LogP) is 3.20. The van der Waals surface area contributed by atoms with Gasteiger partial charge in [0.25, 0.3) is 5.56 Å². The third-order valence-corrected chi connectivity index (χ3v) is 3.44. The smallest absolute Gasteiger partial charge is 0.253 e. The highest BCUT2D eigenvalue weighted by Gasteiger charge is 2.06. The summed E-state index contributed by atoms with van der Waals surface area (Å²) in [4.78, 5) is 12.0. The molecule has 2 N–H and O–H groups in total. The van der Waals surface area contributed by atoms with E-state index in [0.717, 1.165) is 10.0 Å². The molecular weight excluding hydrogens is 316 g/mol. The van der Waals surface area contributed by atoms with Gasteiger partial charge in [0.15, 0.2) is 0 Å². The van der Waals surface area contributed by atoms with Crippen molar-refractivity contribution in [3.8, 4) is 0 Å². The van der Waals surface area contributed by atoms with E-state index in [1.54, 1.807) is 35.9 Å². The minimum atomic E-state index is -0.0221. The van der Waals surface area contributed by atoms with Crippen molar-refractivity contribution in [3.63, 3.8) is 0 Å². The summed E-state index contributed by atoms with van der Waals surface area (Å²) in [6.07, 6.45) is 1.75. The Bertz CT molecular complexity index is 652. The Kier molecular flexibility index (Phi) is 3.78. The molecule has 0 aliphatic rings. The minimum absolute atomic E-state index is 0.0221. The molecule has 1 heterocycles. The molecule has 2 aromatic rings. The summed E-state index contributed by atoms with van der Waals surface area (Å²) < 4.78 is 2.49. The van der Waals surface area contributed by atoms with E-state index in [1.807, 2.05) is 6.07 Å². The number of nitrogens with zero attached hydrogens (tertiary/aromatic N) is 1. The molecule has 2 rings (SSSR count). The van der Waals surface area contributed by atoms with Gasteiger partial charge in [-0.05, 0) is 46.6 Å². The first-order valence-electron chi connectivity index (χ1n) is 5.38. The molecule has 0 aliphatic carbocycles. The van der Waals surface area contributed by atoms with Crippen LogP contribution in [0, 0.1) is 6.92 Å². The lowest BCUT2D eigenvalue weighted by atomic mass is 10.2. The molecule has 0 amide bonds. The first-order valence-corrected chi connectivity index (χ1v) is 6.55. The molecule has 0 aliphatic heterocycles. The number of hydrogen-bond acceptors (Lipinski definition) is 2. The summed E-state index contributed by atoms with van der Waals surface area (Å²) in [6.45, 7) is 2.21.